The summed E-state index contributed by atoms with van der Waals surface area (Å²) in [5.41, 5.74) is -0.244. The molecule has 1 rings (SSSR count). The van der Waals surface area contributed by atoms with Gasteiger partial charge in [0.1, 0.15) is 5.69 Å². The lowest BCUT2D eigenvalue weighted by molar-refractivity contribution is -0.275. The van der Waals surface area contributed by atoms with Gasteiger partial charge in [-0.25, -0.2) is 4.98 Å². The second-order valence-electron chi connectivity index (χ2n) is 2.84. The molecule has 0 amide bonds. The summed E-state index contributed by atoms with van der Waals surface area (Å²) in [7, 11) is 1.19. The van der Waals surface area contributed by atoms with Crippen LogP contribution in [0.1, 0.15) is 5.69 Å². The molecule has 8 heteroatoms. The number of pyridine rings is 1. The maximum absolute atomic E-state index is 12.0. The van der Waals surface area contributed by atoms with Crippen LogP contribution in [0.4, 0.5) is 13.2 Å². The number of methoxy groups -OCH3 is 1. The number of ether oxygens (including phenoxy) is 2. The van der Waals surface area contributed by atoms with Crippen molar-refractivity contribution in [1.82, 2.24) is 4.98 Å². The molecule has 0 aliphatic heterocycles. The minimum Gasteiger partial charge on any atom is -0.503 e. The third kappa shape index (κ3) is 3.41. The Hall–Kier alpha value is -2.17. The molecule has 0 atom stereocenters. The predicted octanol–water partition coefficient (Wildman–Crippen LogP) is 1.76. The lowest BCUT2D eigenvalue weighted by atomic mass is 10.2. The third-order valence-electron chi connectivity index (χ3n) is 1.69. The fourth-order valence-corrected chi connectivity index (χ4v) is 1.05. The van der Waals surface area contributed by atoms with Crippen LogP contribution < -0.4 is 9.47 Å². The Morgan fingerprint density at radius 2 is 2.18 bits per heavy atom. The molecule has 0 aromatic carbocycles. The first-order valence-electron chi connectivity index (χ1n) is 4.27. The van der Waals surface area contributed by atoms with E-state index in [-0.39, 0.29) is 18.0 Å². The molecular formula is C9H7F3N2O3. The minimum absolute atomic E-state index is 0.188. The summed E-state index contributed by atoms with van der Waals surface area (Å²) in [6.07, 6.45) is -5.31. The Kier molecular flexibility index (Phi) is 3.62. The summed E-state index contributed by atoms with van der Waals surface area (Å²) in [6.45, 7) is 0. The van der Waals surface area contributed by atoms with Crippen LogP contribution in [-0.4, -0.2) is 23.6 Å². The van der Waals surface area contributed by atoms with Crippen LogP contribution >= 0.6 is 0 Å². The summed E-state index contributed by atoms with van der Waals surface area (Å²) < 4.78 is 44.3. The molecular weight excluding hydrogens is 241 g/mol. The fourth-order valence-electron chi connectivity index (χ4n) is 1.05. The summed E-state index contributed by atoms with van der Waals surface area (Å²) in [6, 6.07) is 2.43. The molecule has 0 saturated heterocycles. The molecule has 0 aliphatic rings. The van der Waals surface area contributed by atoms with E-state index in [4.69, 9.17) is 5.26 Å². The highest BCUT2D eigenvalue weighted by Gasteiger charge is 2.33. The molecule has 5 nitrogen and oxygen atoms in total. The van der Waals surface area contributed by atoms with E-state index in [2.05, 4.69) is 14.5 Å². The number of rotatable bonds is 3. The zero-order chi connectivity index (χ0) is 13.1. The van der Waals surface area contributed by atoms with Gasteiger partial charge in [-0.3, -0.25) is 0 Å². The highest BCUT2D eigenvalue weighted by molar-refractivity contribution is 5.46. The largest absolute Gasteiger partial charge is 0.573 e. The van der Waals surface area contributed by atoms with Gasteiger partial charge in [-0.2, -0.15) is 5.26 Å². The molecule has 17 heavy (non-hydrogen) atoms. The topological polar surface area (TPSA) is 75.4 Å². The maximum atomic E-state index is 12.0. The van der Waals surface area contributed by atoms with Gasteiger partial charge in [-0.05, 0) is 0 Å². The Morgan fingerprint density at radius 1 is 1.53 bits per heavy atom. The number of alkyl halides is 3. The van der Waals surface area contributed by atoms with Crippen molar-refractivity contribution >= 4 is 0 Å². The molecule has 0 bridgehead atoms. The summed E-state index contributed by atoms with van der Waals surface area (Å²) in [5.74, 6) is -1.87. The second kappa shape index (κ2) is 4.78. The Balaban J connectivity index is 3.20. The molecule has 0 fully saturated rings. The monoisotopic (exact) mass is 248 g/mol. The van der Waals surface area contributed by atoms with Crippen molar-refractivity contribution < 1.29 is 27.8 Å². The van der Waals surface area contributed by atoms with E-state index in [0.29, 0.717) is 0 Å². The number of hydrogen-bond donors (Lipinski definition) is 1. The van der Waals surface area contributed by atoms with Crippen molar-refractivity contribution in [2.45, 2.75) is 12.8 Å². The highest BCUT2D eigenvalue weighted by atomic mass is 19.4. The second-order valence-corrected chi connectivity index (χ2v) is 2.84. The van der Waals surface area contributed by atoms with Crippen molar-refractivity contribution in [1.29, 1.82) is 5.26 Å². The van der Waals surface area contributed by atoms with Crippen molar-refractivity contribution in [3.63, 3.8) is 0 Å². The van der Waals surface area contributed by atoms with Gasteiger partial charge in [0.05, 0.1) is 19.6 Å². The quantitative estimate of drug-likeness (QED) is 0.882. The Morgan fingerprint density at radius 3 is 2.65 bits per heavy atom. The normalized spacial score (nSPS) is 10.8. The van der Waals surface area contributed by atoms with Crippen LogP contribution in [-0.2, 0) is 6.42 Å². The van der Waals surface area contributed by atoms with Gasteiger partial charge in [-0.15, -0.1) is 13.2 Å². The molecule has 1 aromatic rings. The first-order chi connectivity index (χ1) is 7.87. The van der Waals surface area contributed by atoms with Gasteiger partial charge in [-0.1, -0.05) is 0 Å². The maximum Gasteiger partial charge on any atom is 0.573 e. The molecule has 1 N–H and O–H groups in total. The first-order valence-corrected chi connectivity index (χ1v) is 4.27. The summed E-state index contributed by atoms with van der Waals surface area (Å²) in [5, 5.41) is 17.8. The van der Waals surface area contributed by atoms with Crippen molar-refractivity contribution in [2.75, 3.05) is 7.11 Å². The number of halogens is 3. The van der Waals surface area contributed by atoms with Crippen molar-refractivity contribution in [3.8, 4) is 23.4 Å². The lowest BCUT2D eigenvalue weighted by Crippen LogP contribution is -2.17. The first kappa shape index (κ1) is 12.9. The van der Waals surface area contributed by atoms with Crippen LogP contribution in [0.5, 0.6) is 17.4 Å². The van der Waals surface area contributed by atoms with Gasteiger partial charge in [0, 0.05) is 6.07 Å². The Labute approximate surface area is 94.0 Å². The highest BCUT2D eigenvalue weighted by Crippen LogP contribution is 2.36. The van der Waals surface area contributed by atoms with E-state index < -0.39 is 17.9 Å². The number of nitrogens with zero attached hydrogens (tertiary/aromatic N) is 2. The average molecular weight is 248 g/mol. The van der Waals surface area contributed by atoms with Gasteiger partial charge in [0.2, 0.25) is 5.88 Å². The molecule has 0 aliphatic carbocycles. The predicted molar refractivity (Wildman–Crippen MR) is 48.5 cm³/mol. The van der Waals surface area contributed by atoms with E-state index >= 15 is 0 Å². The van der Waals surface area contributed by atoms with Gasteiger partial charge in [0.15, 0.2) is 11.5 Å². The van der Waals surface area contributed by atoms with Crippen LogP contribution in [0.25, 0.3) is 0 Å². The molecule has 0 spiro atoms. The average Bonchev–Trinajstić information content (AvgIpc) is 2.22. The molecule has 0 saturated carbocycles. The molecule has 0 radical (unpaired) electrons. The van der Waals surface area contributed by atoms with Crippen LogP contribution in [0, 0.1) is 11.3 Å². The smallest absolute Gasteiger partial charge is 0.503 e. The van der Waals surface area contributed by atoms with E-state index in [1.807, 2.05) is 0 Å². The molecule has 1 heterocycles. The zero-order valence-corrected chi connectivity index (χ0v) is 8.58. The zero-order valence-electron chi connectivity index (χ0n) is 8.58. The SMILES string of the molecule is COc1cc(OC(F)(F)F)c(O)c(CC#N)n1. The third-order valence-corrected chi connectivity index (χ3v) is 1.69. The van der Waals surface area contributed by atoms with Crippen molar-refractivity contribution in [2.24, 2.45) is 0 Å². The number of aromatic nitrogens is 1. The fraction of sp³-hybridized carbons (Fsp3) is 0.333. The van der Waals surface area contributed by atoms with Gasteiger partial charge < -0.3 is 14.6 Å². The molecule has 1 aromatic heterocycles. The molecule has 0 unspecified atom stereocenters. The number of aromatic hydroxyl groups is 1. The van der Waals surface area contributed by atoms with Crippen LogP contribution in [0.15, 0.2) is 6.07 Å². The number of nitriles is 1. The summed E-state index contributed by atoms with van der Waals surface area (Å²) in [4.78, 5) is 3.63. The van der Waals surface area contributed by atoms with Crippen molar-refractivity contribution in [3.05, 3.63) is 11.8 Å². The van der Waals surface area contributed by atoms with Crippen LogP contribution in [0.2, 0.25) is 0 Å². The number of hydrogen-bond acceptors (Lipinski definition) is 5. The van der Waals surface area contributed by atoms with Crippen LogP contribution in [0.3, 0.4) is 0 Å². The molecule has 92 valence electrons. The summed E-state index contributed by atoms with van der Waals surface area (Å²) >= 11 is 0. The standard InChI is InChI=1S/C9H7F3N2O3/c1-16-7-4-6(17-9(10,11)12)8(15)5(14-7)2-3-13/h4,15H,2H2,1H3. The lowest BCUT2D eigenvalue weighted by Gasteiger charge is -2.12. The van der Waals surface area contributed by atoms with Gasteiger partial charge >= 0.3 is 6.36 Å². The minimum atomic E-state index is -4.95. The van der Waals surface area contributed by atoms with E-state index in [1.165, 1.54) is 7.11 Å². The Bertz CT molecular complexity index is 454. The van der Waals surface area contributed by atoms with E-state index in [1.54, 1.807) is 6.07 Å². The van der Waals surface area contributed by atoms with Gasteiger partial charge in [0.25, 0.3) is 0 Å². The van der Waals surface area contributed by atoms with E-state index in [9.17, 15) is 18.3 Å². The van der Waals surface area contributed by atoms with E-state index in [0.717, 1.165) is 6.07 Å².